The highest BCUT2D eigenvalue weighted by atomic mass is 79.9. The van der Waals surface area contributed by atoms with Gasteiger partial charge in [-0.3, -0.25) is 0 Å². The molecule has 1 fully saturated rings. The molecule has 0 radical (unpaired) electrons. The van der Waals surface area contributed by atoms with Gasteiger partial charge in [-0.25, -0.2) is 4.98 Å². The minimum Gasteiger partial charge on any atom is -0.303 e. The van der Waals surface area contributed by atoms with Gasteiger partial charge in [-0.2, -0.15) is 0 Å². The van der Waals surface area contributed by atoms with Gasteiger partial charge in [0, 0.05) is 23.1 Å². The molecule has 2 aromatic rings. The first-order valence-corrected chi connectivity index (χ1v) is 7.35. The van der Waals surface area contributed by atoms with Gasteiger partial charge in [-0.15, -0.1) is 0 Å². The van der Waals surface area contributed by atoms with E-state index in [1.54, 1.807) is 0 Å². The molecule has 3 rings (SSSR count). The summed E-state index contributed by atoms with van der Waals surface area (Å²) in [5, 5.41) is 0. The van der Waals surface area contributed by atoms with E-state index >= 15 is 0 Å². The van der Waals surface area contributed by atoms with Crippen molar-refractivity contribution in [3.63, 3.8) is 0 Å². The second-order valence-electron chi connectivity index (χ2n) is 5.12. The minimum atomic E-state index is 0.642. The van der Waals surface area contributed by atoms with Crippen LogP contribution >= 0.6 is 15.9 Å². The molecule has 96 valence electrons. The lowest BCUT2D eigenvalue weighted by Gasteiger charge is -2.32. The van der Waals surface area contributed by atoms with Crippen LogP contribution in [-0.2, 0) is 6.42 Å². The van der Waals surface area contributed by atoms with Crippen molar-refractivity contribution >= 4 is 21.4 Å². The summed E-state index contributed by atoms with van der Waals surface area (Å²) in [6.07, 6.45) is 9.08. The van der Waals surface area contributed by atoms with Gasteiger partial charge in [0.05, 0.1) is 11.7 Å². The molecule has 3 heterocycles. The molecule has 1 aliphatic rings. The average molecular weight is 308 g/mol. The van der Waals surface area contributed by atoms with Crippen molar-refractivity contribution in [1.82, 2.24) is 14.3 Å². The zero-order valence-electron chi connectivity index (χ0n) is 10.6. The maximum absolute atomic E-state index is 4.59. The van der Waals surface area contributed by atoms with E-state index in [9.17, 15) is 0 Å². The molecular weight excluding hydrogens is 290 g/mol. The first-order chi connectivity index (χ1) is 8.75. The maximum atomic E-state index is 4.59. The fourth-order valence-electron chi connectivity index (χ4n) is 2.80. The molecule has 1 unspecified atom stereocenters. The molecule has 0 bridgehead atoms. The molecule has 2 aromatic heterocycles. The van der Waals surface area contributed by atoms with Crippen LogP contribution in [0.1, 0.15) is 25.1 Å². The third-order valence-electron chi connectivity index (χ3n) is 3.94. The van der Waals surface area contributed by atoms with Crippen LogP contribution in [0.5, 0.6) is 0 Å². The topological polar surface area (TPSA) is 20.5 Å². The lowest BCUT2D eigenvalue weighted by atomic mass is 10.00. The quantitative estimate of drug-likeness (QED) is 0.850. The van der Waals surface area contributed by atoms with Crippen molar-refractivity contribution in [3.8, 4) is 0 Å². The van der Waals surface area contributed by atoms with Crippen molar-refractivity contribution < 1.29 is 0 Å². The number of likely N-dealkylation sites (tertiary alicyclic amines) is 1. The summed E-state index contributed by atoms with van der Waals surface area (Å²) < 4.78 is 3.31. The number of nitrogens with zero attached hydrogens (tertiary/aromatic N) is 3. The smallest absolute Gasteiger partial charge is 0.114 e. The molecular formula is C14H18BrN3. The van der Waals surface area contributed by atoms with Gasteiger partial charge in [0.15, 0.2) is 0 Å². The van der Waals surface area contributed by atoms with Crippen molar-refractivity contribution in [2.45, 2.75) is 31.7 Å². The van der Waals surface area contributed by atoms with Crippen LogP contribution in [-0.4, -0.2) is 33.9 Å². The number of pyridine rings is 1. The van der Waals surface area contributed by atoms with E-state index < -0.39 is 0 Å². The van der Waals surface area contributed by atoms with E-state index in [0.29, 0.717) is 6.04 Å². The number of hydrogen-bond donors (Lipinski definition) is 0. The standard InChI is InChI=1S/C14H18BrN3/c1-17-7-3-2-5-11(17)9-14-16-10-13-12(15)6-4-8-18(13)14/h4,6,8,10-11H,2-3,5,7,9H2,1H3. The van der Waals surface area contributed by atoms with Gasteiger partial charge < -0.3 is 9.30 Å². The second kappa shape index (κ2) is 5.02. The van der Waals surface area contributed by atoms with Crippen LogP contribution in [0.25, 0.3) is 5.52 Å². The molecule has 1 aliphatic heterocycles. The highest BCUT2D eigenvalue weighted by Gasteiger charge is 2.21. The largest absolute Gasteiger partial charge is 0.303 e. The number of halogens is 1. The molecule has 0 aliphatic carbocycles. The third-order valence-corrected chi connectivity index (χ3v) is 4.61. The Morgan fingerprint density at radius 3 is 3.17 bits per heavy atom. The number of aromatic nitrogens is 2. The lowest BCUT2D eigenvalue weighted by molar-refractivity contribution is 0.182. The molecule has 1 saturated heterocycles. The first-order valence-electron chi connectivity index (χ1n) is 6.56. The van der Waals surface area contributed by atoms with Crippen LogP contribution in [0.4, 0.5) is 0 Å². The summed E-state index contributed by atoms with van der Waals surface area (Å²) >= 11 is 3.58. The molecule has 1 atom stereocenters. The van der Waals surface area contributed by atoms with Crippen LogP contribution < -0.4 is 0 Å². The van der Waals surface area contributed by atoms with E-state index in [1.165, 1.54) is 31.6 Å². The summed E-state index contributed by atoms with van der Waals surface area (Å²) in [6, 6.07) is 4.77. The summed E-state index contributed by atoms with van der Waals surface area (Å²) in [4.78, 5) is 7.07. The molecule has 0 saturated carbocycles. The average Bonchev–Trinajstić information content (AvgIpc) is 2.77. The van der Waals surface area contributed by atoms with E-state index in [4.69, 9.17) is 0 Å². The fraction of sp³-hybridized carbons (Fsp3) is 0.500. The normalized spacial score (nSPS) is 21.6. The van der Waals surface area contributed by atoms with E-state index in [2.05, 4.69) is 55.6 Å². The fourth-order valence-corrected chi connectivity index (χ4v) is 3.25. The van der Waals surface area contributed by atoms with E-state index in [-0.39, 0.29) is 0 Å². The Morgan fingerprint density at radius 1 is 1.44 bits per heavy atom. The predicted octanol–water partition coefficient (Wildman–Crippen LogP) is 3.12. The van der Waals surface area contributed by atoms with Crippen molar-refractivity contribution in [2.75, 3.05) is 13.6 Å². The Kier molecular flexibility index (Phi) is 3.39. The van der Waals surface area contributed by atoms with Crippen LogP contribution in [0.15, 0.2) is 29.0 Å². The SMILES string of the molecule is CN1CCCCC1Cc1ncc2c(Br)cccn12. The van der Waals surface area contributed by atoms with E-state index in [1.807, 2.05) is 6.20 Å². The highest BCUT2D eigenvalue weighted by Crippen LogP contribution is 2.22. The Bertz CT molecular complexity index is 549. The molecule has 0 spiro atoms. The number of rotatable bonds is 2. The Balaban J connectivity index is 1.88. The monoisotopic (exact) mass is 307 g/mol. The third kappa shape index (κ3) is 2.19. The maximum Gasteiger partial charge on any atom is 0.114 e. The van der Waals surface area contributed by atoms with Gasteiger partial charge in [0.1, 0.15) is 5.82 Å². The summed E-state index contributed by atoms with van der Waals surface area (Å²) in [5.41, 5.74) is 1.16. The zero-order valence-corrected chi connectivity index (χ0v) is 12.2. The number of likely N-dealkylation sites (N-methyl/N-ethyl adjacent to an activating group) is 1. The molecule has 18 heavy (non-hydrogen) atoms. The first kappa shape index (κ1) is 12.2. The van der Waals surface area contributed by atoms with Crippen molar-refractivity contribution in [3.05, 3.63) is 34.8 Å². The van der Waals surface area contributed by atoms with Gasteiger partial charge in [-0.05, 0) is 54.5 Å². The molecule has 0 amide bonds. The number of imidazole rings is 1. The molecule has 3 nitrogen and oxygen atoms in total. The predicted molar refractivity (Wildman–Crippen MR) is 76.9 cm³/mol. The lowest BCUT2D eigenvalue weighted by Crippen LogP contribution is -2.38. The van der Waals surface area contributed by atoms with Crippen molar-refractivity contribution in [2.24, 2.45) is 0 Å². The summed E-state index contributed by atoms with van der Waals surface area (Å²) in [6.45, 7) is 1.22. The molecule has 0 N–H and O–H groups in total. The van der Waals surface area contributed by atoms with Crippen LogP contribution in [0.3, 0.4) is 0 Å². The Morgan fingerprint density at radius 2 is 2.33 bits per heavy atom. The highest BCUT2D eigenvalue weighted by molar-refractivity contribution is 9.10. The zero-order chi connectivity index (χ0) is 12.5. The van der Waals surface area contributed by atoms with Gasteiger partial charge >= 0.3 is 0 Å². The van der Waals surface area contributed by atoms with Crippen LogP contribution in [0.2, 0.25) is 0 Å². The number of piperidine rings is 1. The Labute approximate surface area is 116 Å². The second-order valence-corrected chi connectivity index (χ2v) is 5.97. The summed E-state index contributed by atoms with van der Waals surface area (Å²) in [7, 11) is 2.23. The van der Waals surface area contributed by atoms with Gasteiger partial charge in [-0.1, -0.05) is 6.42 Å². The molecule has 4 heteroatoms. The van der Waals surface area contributed by atoms with E-state index in [0.717, 1.165) is 16.4 Å². The minimum absolute atomic E-state index is 0.642. The Hall–Kier alpha value is -0.870. The van der Waals surface area contributed by atoms with Crippen LogP contribution in [0, 0.1) is 0 Å². The van der Waals surface area contributed by atoms with Crippen molar-refractivity contribution in [1.29, 1.82) is 0 Å². The number of hydrogen-bond acceptors (Lipinski definition) is 2. The number of fused-ring (bicyclic) bond motifs is 1. The van der Waals surface area contributed by atoms with Gasteiger partial charge in [0.25, 0.3) is 0 Å². The summed E-state index contributed by atoms with van der Waals surface area (Å²) in [5.74, 6) is 1.17. The van der Waals surface area contributed by atoms with Gasteiger partial charge in [0.2, 0.25) is 0 Å². The molecule has 0 aromatic carbocycles.